The summed E-state index contributed by atoms with van der Waals surface area (Å²) in [7, 11) is 2.08. The lowest BCUT2D eigenvalue weighted by atomic mass is 10.1. The van der Waals surface area contributed by atoms with Crippen molar-refractivity contribution in [2.75, 3.05) is 13.6 Å². The van der Waals surface area contributed by atoms with Gasteiger partial charge in [-0.15, -0.1) is 6.58 Å². The molecule has 4 heteroatoms. The second-order valence-electron chi connectivity index (χ2n) is 7.64. The number of hydrogen-bond acceptors (Lipinski definition) is 3. The number of carbonyl (C=O) groups is 1. The van der Waals surface area contributed by atoms with Crippen LogP contribution in [0.2, 0.25) is 0 Å². The standard InChI is InChI=1S/C27H27N3O/c1-3-15-30(21-24-12-7-11-23(16-24)18-28)27(31)26-14-8-13-25(17-26)20-29(2)19-22-9-5-4-6-10-22/h3-14,16-17H,1,15,19-21H2,2H3. The zero-order valence-electron chi connectivity index (χ0n) is 17.9. The van der Waals surface area contributed by atoms with E-state index in [0.717, 1.165) is 24.2 Å². The number of nitrogens with zero attached hydrogens (tertiary/aromatic N) is 3. The summed E-state index contributed by atoms with van der Waals surface area (Å²) >= 11 is 0. The Bertz CT molecular complexity index is 1070. The van der Waals surface area contributed by atoms with E-state index in [1.165, 1.54) is 5.56 Å². The van der Waals surface area contributed by atoms with Crippen molar-refractivity contribution in [2.45, 2.75) is 19.6 Å². The molecular weight excluding hydrogens is 382 g/mol. The van der Waals surface area contributed by atoms with Crippen LogP contribution in [0.15, 0.2) is 91.5 Å². The third kappa shape index (κ3) is 6.40. The second kappa shape index (κ2) is 10.9. The molecule has 1 amide bonds. The van der Waals surface area contributed by atoms with Crippen molar-refractivity contribution in [1.29, 1.82) is 5.26 Å². The van der Waals surface area contributed by atoms with Crippen molar-refractivity contribution in [1.82, 2.24) is 9.80 Å². The van der Waals surface area contributed by atoms with Crippen LogP contribution in [-0.2, 0) is 19.6 Å². The van der Waals surface area contributed by atoms with E-state index >= 15 is 0 Å². The van der Waals surface area contributed by atoms with Crippen molar-refractivity contribution in [3.05, 3.63) is 119 Å². The average molecular weight is 410 g/mol. The van der Waals surface area contributed by atoms with Gasteiger partial charge in [-0.05, 0) is 48.0 Å². The van der Waals surface area contributed by atoms with Gasteiger partial charge in [-0.2, -0.15) is 5.26 Å². The van der Waals surface area contributed by atoms with Crippen LogP contribution in [0.3, 0.4) is 0 Å². The van der Waals surface area contributed by atoms with E-state index in [1.807, 2.05) is 60.7 Å². The summed E-state index contributed by atoms with van der Waals surface area (Å²) in [5.41, 5.74) is 4.52. The lowest BCUT2D eigenvalue weighted by Gasteiger charge is -2.22. The largest absolute Gasteiger partial charge is 0.331 e. The van der Waals surface area contributed by atoms with Gasteiger partial charge in [0.2, 0.25) is 0 Å². The van der Waals surface area contributed by atoms with Gasteiger partial charge in [0.25, 0.3) is 5.91 Å². The fraction of sp³-hybridized carbons (Fsp3) is 0.185. The Morgan fingerprint density at radius 3 is 2.26 bits per heavy atom. The van der Waals surface area contributed by atoms with E-state index in [-0.39, 0.29) is 5.91 Å². The molecule has 0 aliphatic heterocycles. The molecule has 0 N–H and O–H groups in total. The summed E-state index contributed by atoms with van der Waals surface area (Å²) in [5, 5.41) is 9.13. The highest BCUT2D eigenvalue weighted by Gasteiger charge is 2.16. The Hall–Kier alpha value is -3.68. The van der Waals surface area contributed by atoms with Crippen LogP contribution < -0.4 is 0 Å². The van der Waals surface area contributed by atoms with Crippen molar-refractivity contribution in [3.8, 4) is 6.07 Å². The van der Waals surface area contributed by atoms with Gasteiger partial charge >= 0.3 is 0 Å². The first-order chi connectivity index (χ1) is 15.1. The van der Waals surface area contributed by atoms with Crippen LogP contribution in [0, 0.1) is 11.3 Å². The molecule has 0 fully saturated rings. The molecule has 0 aromatic heterocycles. The fourth-order valence-corrected chi connectivity index (χ4v) is 3.58. The molecule has 0 heterocycles. The molecule has 0 aliphatic rings. The molecule has 3 aromatic carbocycles. The first kappa shape index (κ1) is 22.0. The first-order valence-corrected chi connectivity index (χ1v) is 10.3. The predicted molar refractivity (Wildman–Crippen MR) is 124 cm³/mol. The third-order valence-corrected chi connectivity index (χ3v) is 4.99. The van der Waals surface area contributed by atoms with E-state index in [1.54, 1.807) is 17.0 Å². The Morgan fingerprint density at radius 1 is 0.903 bits per heavy atom. The molecule has 0 spiro atoms. The van der Waals surface area contributed by atoms with E-state index < -0.39 is 0 Å². The monoisotopic (exact) mass is 409 g/mol. The van der Waals surface area contributed by atoms with Crippen LogP contribution in [0.5, 0.6) is 0 Å². The summed E-state index contributed by atoms with van der Waals surface area (Å²) in [4.78, 5) is 17.2. The molecule has 4 nitrogen and oxygen atoms in total. The average Bonchev–Trinajstić information content (AvgIpc) is 2.79. The van der Waals surface area contributed by atoms with E-state index in [9.17, 15) is 4.79 Å². The lowest BCUT2D eigenvalue weighted by Crippen LogP contribution is -2.31. The molecule has 31 heavy (non-hydrogen) atoms. The number of hydrogen-bond donors (Lipinski definition) is 0. The lowest BCUT2D eigenvalue weighted by molar-refractivity contribution is 0.0762. The summed E-state index contributed by atoms with van der Waals surface area (Å²) in [6.45, 7) is 6.26. The van der Waals surface area contributed by atoms with Crippen LogP contribution in [-0.4, -0.2) is 29.3 Å². The summed E-state index contributed by atoms with van der Waals surface area (Å²) in [6.07, 6.45) is 1.73. The van der Waals surface area contributed by atoms with Crippen LogP contribution in [0.4, 0.5) is 0 Å². The summed E-state index contributed by atoms with van der Waals surface area (Å²) in [5.74, 6) is -0.0465. The maximum Gasteiger partial charge on any atom is 0.254 e. The molecule has 3 rings (SSSR count). The summed E-state index contributed by atoms with van der Waals surface area (Å²) < 4.78 is 0. The minimum atomic E-state index is -0.0465. The predicted octanol–water partition coefficient (Wildman–Crippen LogP) is 5.02. The number of rotatable bonds is 9. The molecule has 0 radical (unpaired) electrons. The first-order valence-electron chi connectivity index (χ1n) is 10.3. The normalized spacial score (nSPS) is 10.5. The molecule has 0 unspecified atom stereocenters. The highest BCUT2D eigenvalue weighted by molar-refractivity contribution is 5.94. The fourth-order valence-electron chi connectivity index (χ4n) is 3.58. The zero-order chi connectivity index (χ0) is 22.1. The van der Waals surface area contributed by atoms with E-state index in [0.29, 0.717) is 24.2 Å². The number of nitriles is 1. The maximum atomic E-state index is 13.2. The Labute approximate surface area is 184 Å². The molecule has 3 aromatic rings. The van der Waals surface area contributed by atoms with Crippen molar-refractivity contribution in [2.24, 2.45) is 0 Å². The van der Waals surface area contributed by atoms with Gasteiger partial charge in [-0.1, -0.05) is 60.7 Å². The van der Waals surface area contributed by atoms with Gasteiger partial charge in [0.05, 0.1) is 11.6 Å². The smallest absolute Gasteiger partial charge is 0.254 e. The number of benzene rings is 3. The van der Waals surface area contributed by atoms with Gasteiger partial charge in [0, 0.05) is 31.7 Å². The molecule has 0 saturated carbocycles. The second-order valence-corrected chi connectivity index (χ2v) is 7.64. The Balaban J connectivity index is 1.71. The van der Waals surface area contributed by atoms with Gasteiger partial charge < -0.3 is 4.90 Å². The van der Waals surface area contributed by atoms with E-state index in [4.69, 9.17) is 5.26 Å². The molecule has 0 atom stereocenters. The maximum absolute atomic E-state index is 13.2. The molecular formula is C27H27N3O. The van der Waals surface area contributed by atoms with Gasteiger partial charge in [0.15, 0.2) is 0 Å². The molecule has 156 valence electrons. The SMILES string of the molecule is C=CCN(Cc1cccc(C#N)c1)C(=O)c1cccc(CN(C)Cc2ccccc2)c1. The van der Waals surface area contributed by atoms with Gasteiger partial charge in [0.1, 0.15) is 0 Å². The van der Waals surface area contributed by atoms with Gasteiger partial charge in [-0.25, -0.2) is 0 Å². The Morgan fingerprint density at radius 2 is 1.55 bits per heavy atom. The van der Waals surface area contributed by atoms with Crippen molar-refractivity contribution >= 4 is 5.91 Å². The van der Waals surface area contributed by atoms with Crippen molar-refractivity contribution in [3.63, 3.8) is 0 Å². The molecule has 0 aliphatic carbocycles. The van der Waals surface area contributed by atoms with Crippen LogP contribution in [0.25, 0.3) is 0 Å². The number of carbonyl (C=O) groups excluding carboxylic acids is 1. The summed E-state index contributed by atoms with van der Waals surface area (Å²) in [6, 6.07) is 27.6. The van der Waals surface area contributed by atoms with Gasteiger partial charge in [-0.3, -0.25) is 9.69 Å². The van der Waals surface area contributed by atoms with Crippen LogP contribution in [0.1, 0.15) is 32.6 Å². The highest BCUT2D eigenvalue weighted by atomic mass is 16.2. The quantitative estimate of drug-likeness (QED) is 0.466. The third-order valence-electron chi connectivity index (χ3n) is 4.99. The van der Waals surface area contributed by atoms with E-state index in [2.05, 4.69) is 36.7 Å². The topological polar surface area (TPSA) is 47.3 Å². The minimum absolute atomic E-state index is 0.0465. The molecule has 0 bridgehead atoms. The zero-order valence-corrected chi connectivity index (χ0v) is 17.9. The molecule has 0 saturated heterocycles. The number of amides is 1. The Kier molecular flexibility index (Phi) is 7.75. The van der Waals surface area contributed by atoms with Crippen LogP contribution >= 0.6 is 0 Å². The van der Waals surface area contributed by atoms with Crippen molar-refractivity contribution < 1.29 is 4.79 Å². The minimum Gasteiger partial charge on any atom is -0.331 e. The highest BCUT2D eigenvalue weighted by Crippen LogP contribution is 2.15.